The van der Waals surface area contributed by atoms with Crippen LogP contribution in [-0.4, -0.2) is 20.1 Å². The number of nitrogens with two attached hydrogens (primary N) is 2. The molecular weight excluding hydrogens is 394 g/mol. The van der Waals surface area contributed by atoms with E-state index in [0.29, 0.717) is 34.1 Å². The Bertz CT molecular complexity index is 1010. The molecule has 1 aliphatic rings. The highest BCUT2D eigenvalue weighted by Gasteiger charge is 2.40. The number of amides is 1. The quantitative estimate of drug-likeness (QED) is 0.379. The molecule has 0 aromatic heterocycles. The van der Waals surface area contributed by atoms with Crippen LogP contribution < -0.4 is 37.0 Å². The smallest absolute Gasteiger partial charge is 0.255 e. The molecule has 0 spiro atoms. The molecule has 2 aromatic carbocycles. The molecule has 1 aliphatic carbocycles. The maximum absolute atomic E-state index is 13.1. The number of allylic oxidation sites excluding steroid dienone is 1. The number of anilines is 2. The topological polar surface area (TPSA) is 115 Å². The summed E-state index contributed by atoms with van der Waals surface area (Å²) in [4.78, 5) is 18.7. The Labute approximate surface area is 183 Å². The van der Waals surface area contributed by atoms with Gasteiger partial charge in [0, 0.05) is 24.5 Å². The lowest BCUT2D eigenvalue weighted by atomic mass is 9.97. The molecule has 0 saturated heterocycles. The van der Waals surface area contributed by atoms with Crippen molar-refractivity contribution in [3.8, 4) is 11.5 Å². The van der Waals surface area contributed by atoms with Crippen molar-refractivity contribution in [3.05, 3.63) is 58.9 Å². The van der Waals surface area contributed by atoms with Crippen molar-refractivity contribution in [1.82, 2.24) is 5.48 Å². The van der Waals surface area contributed by atoms with Crippen molar-refractivity contribution in [1.29, 1.82) is 0 Å². The molecule has 8 nitrogen and oxygen atoms in total. The Morgan fingerprint density at radius 3 is 2.55 bits per heavy atom. The van der Waals surface area contributed by atoms with Gasteiger partial charge in [-0.05, 0) is 67.5 Å². The van der Waals surface area contributed by atoms with E-state index in [-0.39, 0.29) is 11.3 Å². The average molecular weight is 426 g/mol. The third-order valence-electron chi connectivity index (χ3n) is 5.51. The molecule has 0 radical (unpaired) electrons. The first kappa shape index (κ1) is 22.5. The van der Waals surface area contributed by atoms with Crippen LogP contribution in [0.4, 0.5) is 11.4 Å². The lowest BCUT2D eigenvalue weighted by molar-refractivity contribution is 0.102. The summed E-state index contributed by atoms with van der Waals surface area (Å²) >= 11 is 0. The summed E-state index contributed by atoms with van der Waals surface area (Å²) in [7, 11) is 3.22. The number of aryl methyl sites for hydroxylation is 1. The molecule has 0 atom stereocenters. The van der Waals surface area contributed by atoms with Crippen LogP contribution in [-0.2, 0) is 5.41 Å². The minimum absolute atomic E-state index is 0.0844. The van der Waals surface area contributed by atoms with Gasteiger partial charge in [0.25, 0.3) is 5.91 Å². The molecule has 1 fully saturated rings. The number of rotatable bonds is 8. The SMILES string of the molecule is CNOc1cc(C2(C)CC2)cc(NC(=O)c2ccc(C)c(N(N)/C=C(/C)N)c2)c1OC. The van der Waals surface area contributed by atoms with Gasteiger partial charge in [-0.2, -0.15) is 5.48 Å². The molecule has 6 N–H and O–H groups in total. The van der Waals surface area contributed by atoms with E-state index in [9.17, 15) is 4.79 Å². The third kappa shape index (κ3) is 4.92. The van der Waals surface area contributed by atoms with Gasteiger partial charge in [-0.1, -0.05) is 13.0 Å². The van der Waals surface area contributed by atoms with Gasteiger partial charge in [-0.3, -0.25) is 9.80 Å². The number of nitrogens with one attached hydrogen (secondary N) is 2. The van der Waals surface area contributed by atoms with Crippen molar-refractivity contribution >= 4 is 17.3 Å². The summed E-state index contributed by atoms with van der Waals surface area (Å²) in [5, 5.41) is 4.38. The predicted molar refractivity (Wildman–Crippen MR) is 123 cm³/mol. The monoisotopic (exact) mass is 425 g/mol. The Hall–Kier alpha value is -3.23. The van der Waals surface area contributed by atoms with Gasteiger partial charge in [0.05, 0.1) is 18.5 Å². The minimum Gasteiger partial charge on any atom is -0.491 e. The number of carbonyl (C=O) groups excluding carboxylic acids is 1. The third-order valence-corrected chi connectivity index (χ3v) is 5.51. The van der Waals surface area contributed by atoms with Crippen LogP contribution in [0.15, 0.2) is 42.2 Å². The molecule has 1 saturated carbocycles. The Morgan fingerprint density at radius 1 is 1.26 bits per heavy atom. The molecule has 0 aliphatic heterocycles. The zero-order chi connectivity index (χ0) is 22.8. The lowest BCUT2D eigenvalue weighted by Crippen LogP contribution is -2.27. The number of nitrogens with zero attached hydrogens (tertiary/aromatic N) is 1. The minimum atomic E-state index is -0.282. The van der Waals surface area contributed by atoms with Crippen LogP contribution >= 0.6 is 0 Å². The van der Waals surface area contributed by atoms with Crippen molar-refractivity contribution in [2.45, 2.75) is 39.0 Å². The highest BCUT2D eigenvalue weighted by atomic mass is 16.7. The lowest BCUT2D eigenvalue weighted by Gasteiger charge is -2.20. The largest absolute Gasteiger partial charge is 0.491 e. The summed E-state index contributed by atoms with van der Waals surface area (Å²) < 4.78 is 5.55. The Balaban J connectivity index is 1.96. The van der Waals surface area contributed by atoms with E-state index in [1.165, 1.54) is 5.01 Å². The number of ether oxygens (including phenoxy) is 1. The summed E-state index contributed by atoms with van der Waals surface area (Å²) in [5.41, 5.74) is 12.8. The molecule has 3 rings (SSSR count). The molecular formula is C23H31N5O3. The highest BCUT2D eigenvalue weighted by Crippen LogP contribution is 2.51. The number of hydrazine groups is 1. The van der Waals surface area contributed by atoms with Gasteiger partial charge in [-0.25, -0.2) is 5.84 Å². The second-order valence-electron chi connectivity index (χ2n) is 8.16. The zero-order valence-electron chi connectivity index (χ0n) is 18.7. The second kappa shape index (κ2) is 8.87. The predicted octanol–water partition coefficient (Wildman–Crippen LogP) is 3.32. The van der Waals surface area contributed by atoms with Crippen LogP contribution in [0, 0.1) is 6.92 Å². The number of hydrogen-bond acceptors (Lipinski definition) is 7. The number of hydrogen-bond donors (Lipinski definition) is 4. The second-order valence-corrected chi connectivity index (χ2v) is 8.16. The number of benzene rings is 2. The van der Waals surface area contributed by atoms with Gasteiger partial charge in [0.15, 0.2) is 11.5 Å². The number of hydroxylamine groups is 1. The van der Waals surface area contributed by atoms with E-state index in [2.05, 4.69) is 17.7 Å². The van der Waals surface area contributed by atoms with E-state index in [1.54, 1.807) is 39.4 Å². The fourth-order valence-corrected chi connectivity index (χ4v) is 3.43. The summed E-state index contributed by atoms with van der Waals surface area (Å²) in [6, 6.07) is 9.24. The first-order valence-electron chi connectivity index (χ1n) is 10.1. The van der Waals surface area contributed by atoms with E-state index in [0.717, 1.165) is 24.0 Å². The Kier molecular flexibility index (Phi) is 6.42. The van der Waals surface area contributed by atoms with Crippen LogP contribution in [0.5, 0.6) is 11.5 Å². The fourth-order valence-electron chi connectivity index (χ4n) is 3.43. The number of carbonyl (C=O) groups is 1. The van der Waals surface area contributed by atoms with Crippen molar-refractivity contribution < 1.29 is 14.4 Å². The molecule has 166 valence electrons. The maximum Gasteiger partial charge on any atom is 0.255 e. The molecule has 1 amide bonds. The van der Waals surface area contributed by atoms with Crippen LogP contribution in [0.2, 0.25) is 0 Å². The molecule has 0 unspecified atom stereocenters. The highest BCUT2D eigenvalue weighted by molar-refractivity contribution is 6.06. The van der Waals surface area contributed by atoms with E-state index in [4.69, 9.17) is 21.2 Å². The van der Waals surface area contributed by atoms with E-state index >= 15 is 0 Å². The van der Waals surface area contributed by atoms with E-state index < -0.39 is 0 Å². The van der Waals surface area contributed by atoms with Gasteiger partial charge >= 0.3 is 0 Å². The van der Waals surface area contributed by atoms with Gasteiger partial charge in [-0.15, -0.1) is 0 Å². The van der Waals surface area contributed by atoms with Crippen molar-refractivity contribution in [3.63, 3.8) is 0 Å². The molecule has 31 heavy (non-hydrogen) atoms. The molecule has 8 heteroatoms. The van der Waals surface area contributed by atoms with Gasteiger partial charge in [0.1, 0.15) is 0 Å². The summed E-state index contributed by atoms with van der Waals surface area (Å²) in [5.74, 6) is 6.78. The van der Waals surface area contributed by atoms with Crippen molar-refractivity contribution in [2.24, 2.45) is 11.6 Å². The summed E-state index contributed by atoms with van der Waals surface area (Å²) in [6.07, 6.45) is 3.79. The number of methoxy groups -OCH3 is 1. The molecule has 0 heterocycles. The zero-order valence-corrected chi connectivity index (χ0v) is 18.7. The first-order valence-corrected chi connectivity index (χ1v) is 10.1. The maximum atomic E-state index is 13.1. The Morgan fingerprint density at radius 2 is 1.97 bits per heavy atom. The first-order chi connectivity index (χ1) is 14.7. The van der Waals surface area contributed by atoms with Crippen molar-refractivity contribution in [2.75, 3.05) is 24.5 Å². The molecule has 2 aromatic rings. The normalized spacial score (nSPS) is 14.7. The van der Waals surface area contributed by atoms with Gasteiger partial charge < -0.3 is 20.6 Å². The van der Waals surface area contributed by atoms with E-state index in [1.807, 2.05) is 25.1 Å². The van der Waals surface area contributed by atoms with Gasteiger partial charge in [0.2, 0.25) is 0 Å². The fraction of sp³-hybridized carbons (Fsp3) is 0.348. The average Bonchev–Trinajstić information content (AvgIpc) is 3.46. The standard InChI is InChI=1S/C23H31N5O3/c1-14-6-7-16(10-19(14)28(25)13-15(2)24)22(29)27-18-11-17(23(3)8-9-23)12-20(31-26-4)21(18)30-5/h6-7,10-13,26H,8-9,24-25H2,1-5H3,(H,27,29)/b15-13-. The molecule has 0 bridgehead atoms. The van der Waals surface area contributed by atoms with Crippen LogP contribution in [0.3, 0.4) is 0 Å². The summed E-state index contributed by atoms with van der Waals surface area (Å²) in [6.45, 7) is 5.86. The van der Waals surface area contributed by atoms with Crippen LogP contribution in [0.1, 0.15) is 48.2 Å². The van der Waals surface area contributed by atoms with Crippen LogP contribution in [0.25, 0.3) is 0 Å².